The van der Waals surface area contributed by atoms with E-state index in [9.17, 15) is 25.2 Å². The zero-order valence-electron chi connectivity index (χ0n) is 8.36. The van der Waals surface area contributed by atoms with Crippen LogP contribution in [0.3, 0.4) is 0 Å². The Balaban J connectivity index is 0.000000293. The molecule has 1 rings (SSSR count). The molecule has 1 aromatic rings. The Hall–Kier alpha value is -0.0400. The quantitative estimate of drug-likeness (QED) is 0.369. The van der Waals surface area contributed by atoms with Gasteiger partial charge in [-0.05, 0) is 19.9 Å². The minimum atomic E-state index is -10.7. The zero-order chi connectivity index (χ0) is 13.3. The van der Waals surface area contributed by atoms with Gasteiger partial charge in [-0.25, -0.2) is 0 Å². The third kappa shape index (κ3) is 14.0. The van der Waals surface area contributed by atoms with Crippen molar-refractivity contribution < 1.29 is 47.8 Å². The number of aryl methyl sites for hydroxylation is 2. The van der Waals surface area contributed by atoms with Gasteiger partial charge in [0.1, 0.15) is 0 Å². The molecule has 0 saturated heterocycles. The van der Waals surface area contributed by atoms with Crippen molar-refractivity contribution in [3.8, 4) is 0 Å². The Morgan fingerprint density at radius 2 is 1.31 bits per heavy atom. The van der Waals surface area contributed by atoms with Gasteiger partial charge >= 0.3 is 33.0 Å². The number of benzene rings is 1. The van der Waals surface area contributed by atoms with Crippen molar-refractivity contribution in [2.45, 2.75) is 13.8 Å². The molecule has 8 heteroatoms. The molecule has 0 fully saturated rings. The molecule has 0 aliphatic rings. The second-order valence-electron chi connectivity index (χ2n) is 3.23. The zero-order valence-corrected chi connectivity index (χ0v) is 11.6. The molecule has 0 aromatic heterocycles. The maximum absolute atomic E-state index is 10.7. The van der Waals surface area contributed by atoms with Crippen molar-refractivity contribution in [1.29, 1.82) is 0 Å². The fourth-order valence-electron chi connectivity index (χ4n) is 0.799. The predicted molar refractivity (Wildman–Crippen MR) is 49.6 cm³/mol. The van der Waals surface area contributed by atoms with Crippen molar-refractivity contribution in [3.63, 3.8) is 0 Å². The number of hydrogen-bond acceptors (Lipinski definition) is 0. The average Bonchev–Trinajstić information content (AvgIpc) is 1.91. The summed E-state index contributed by atoms with van der Waals surface area (Å²) < 4.78 is 60.6. The van der Waals surface area contributed by atoms with E-state index in [1.165, 1.54) is 14.7 Å². The Kier molecular flexibility index (Phi) is 4.00. The minimum absolute atomic E-state index is 1.35. The fourth-order valence-corrected chi connectivity index (χ4v) is 1.16. The third-order valence-electron chi connectivity index (χ3n) is 1.33. The number of rotatable bonds is 0. The van der Waals surface area contributed by atoms with Gasteiger partial charge < -0.3 is 0 Å². The fraction of sp³-hybridized carbons (Fsp3) is 0.250. The third-order valence-corrected chi connectivity index (χ3v) is 2.64. The molecular formula is C8H10F6IP. The van der Waals surface area contributed by atoms with Gasteiger partial charge in [-0.15, -0.1) is 0 Å². The van der Waals surface area contributed by atoms with E-state index in [1.807, 2.05) is 0 Å². The van der Waals surface area contributed by atoms with Crippen LogP contribution in [0.1, 0.15) is 11.1 Å². The Bertz CT molecular complexity index is 370. The first kappa shape index (κ1) is 16.0. The van der Waals surface area contributed by atoms with E-state index >= 15 is 0 Å². The molecule has 0 aliphatic heterocycles. The van der Waals surface area contributed by atoms with Crippen molar-refractivity contribution in [3.05, 3.63) is 32.9 Å². The van der Waals surface area contributed by atoms with Crippen LogP contribution in [0.15, 0.2) is 18.2 Å². The molecule has 0 N–H and O–H groups in total. The van der Waals surface area contributed by atoms with Crippen LogP contribution in [-0.4, -0.2) is 0 Å². The van der Waals surface area contributed by atoms with Crippen LogP contribution >= 0.6 is 7.81 Å². The second-order valence-corrected chi connectivity index (χ2v) is 6.40. The monoisotopic (exact) mass is 378 g/mol. The Labute approximate surface area is 102 Å². The Morgan fingerprint density at radius 1 is 0.938 bits per heavy atom. The normalized spacial score (nSPS) is 15.6. The van der Waals surface area contributed by atoms with Gasteiger partial charge in [0.2, 0.25) is 0 Å². The molecule has 0 heterocycles. The van der Waals surface area contributed by atoms with E-state index in [2.05, 4.69) is 54.6 Å². The van der Waals surface area contributed by atoms with Crippen molar-refractivity contribution in [2.24, 2.45) is 0 Å². The molecule has 0 aliphatic carbocycles. The summed E-state index contributed by atoms with van der Waals surface area (Å²) in [6.07, 6.45) is 0. The van der Waals surface area contributed by atoms with Gasteiger partial charge in [0.15, 0.2) is 3.57 Å². The van der Waals surface area contributed by atoms with Crippen molar-refractivity contribution in [1.82, 2.24) is 0 Å². The molecule has 0 spiro atoms. The number of hydrogen-bond donors (Lipinski definition) is 0. The summed E-state index contributed by atoms with van der Waals surface area (Å²) in [6.45, 7) is 4.26. The summed E-state index contributed by atoms with van der Waals surface area (Å²) >= 11 is 2.06. The van der Waals surface area contributed by atoms with Crippen molar-refractivity contribution in [2.75, 3.05) is 0 Å². The summed E-state index contributed by atoms with van der Waals surface area (Å²) in [5.41, 5.74) is 2.74. The van der Waals surface area contributed by atoms with Gasteiger partial charge in [-0.2, -0.15) is 0 Å². The molecule has 0 saturated carbocycles. The first-order valence-corrected chi connectivity index (χ1v) is 7.15. The molecule has 0 amide bonds. The van der Waals surface area contributed by atoms with E-state index in [0.717, 1.165) is 0 Å². The van der Waals surface area contributed by atoms with Gasteiger partial charge in [0.25, 0.3) is 22.6 Å². The summed E-state index contributed by atoms with van der Waals surface area (Å²) in [6, 6.07) is 6.51. The summed E-state index contributed by atoms with van der Waals surface area (Å²) in [5.74, 6) is 0. The maximum atomic E-state index is 9.87. The van der Waals surface area contributed by atoms with Crippen LogP contribution in [0.4, 0.5) is 25.2 Å². The average molecular weight is 378 g/mol. The van der Waals surface area contributed by atoms with Crippen molar-refractivity contribution >= 4 is 7.81 Å². The molecule has 96 valence electrons. The standard InChI is InChI=1S/C8H10I.F6P/c1-6-3-4-8(9)7(2)5-6;1-7(2,3,4,5)6/h3-5,9H,1-2H3;/q+1;-1. The molecule has 0 bridgehead atoms. The first-order chi connectivity index (χ1) is 6.65. The number of halogens is 7. The Morgan fingerprint density at radius 3 is 1.56 bits per heavy atom. The molecule has 0 atom stereocenters. The molecule has 1 aromatic carbocycles. The van der Waals surface area contributed by atoms with Crippen LogP contribution in [0.25, 0.3) is 0 Å². The van der Waals surface area contributed by atoms with Gasteiger partial charge in [-0.1, -0.05) is 17.7 Å². The summed E-state index contributed by atoms with van der Waals surface area (Å²) in [7, 11) is -10.7. The van der Waals surface area contributed by atoms with Crippen LogP contribution < -0.4 is 22.6 Å². The second kappa shape index (κ2) is 4.01. The predicted octanol–water partition coefficient (Wildman–Crippen LogP) is 2.14. The van der Waals surface area contributed by atoms with Crippen LogP contribution in [0.2, 0.25) is 0 Å². The first-order valence-electron chi connectivity index (χ1n) is 3.96. The SMILES string of the molecule is Cc1ccc([IH+])c(C)c1.F[P-](F)(F)(F)(F)F. The van der Waals surface area contributed by atoms with Crippen LogP contribution in [0.5, 0.6) is 0 Å². The van der Waals surface area contributed by atoms with E-state index in [4.69, 9.17) is 0 Å². The van der Waals surface area contributed by atoms with Gasteiger partial charge in [-0.3, -0.25) is 0 Å². The van der Waals surface area contributed by atoms with Crippen LogP contribution in [0, 0.1) is 17.4 Å². The van der Waals surface area contributed by atoms with Gasteiger partial charge in [0.05, 0.1) is 0 Å². The molecule has 16 heavy (non-hydrogen) atoms. The van der Waals surface area contributed by atoms with Gasteiger partial charge in [0, 0.05) is 5.56 Å². The van der Waals surface area contributed by atoms with E-state index < -0.39 is 7.81 Å². The molecule has 0 radical (unpaired) electrons. The van der Waals surface area contributed by atoms with E-state index in [0.29, 0.717) is 0 Å². The molecule has 0 unspecified atom stereocenters. The van der Waals surface area contributed by atoms with E-state index in [-0.39, 0.29) is 0 Å². The topological polar surface area (TPSA) is 0 Å². The summed E-state index contributed by atoms with van der Waals surface area (Å²) in [5, 5.41) is 0. The molecule has 0 nitrogen and oxygen atoms in total. The van der Waals surface area contributed by atoms with Crippen LogP contribution in [-0.2, 0) is 0 Å². The van der Waals surface area contributed by atoms with E-state index in [1.54, 1.807) is 0 Å². The summed E-state index contributed by atoms with van der Waals surface area (Å²) in [4.78, 5) is 0. The molecular weight excluding hydrogens is 368 g/mol.